The summed E-state index contributed by atoms with van der Waals surface area (Å²) in [4.78, 5) is 25.6. The van der Waals surface area contributed by atoms with Crippen molar-refractivity contribution in [2.45, 2.75) is 38.9 Å². The van der Waals surface area contributed by atoms with Crippen molar-refractivity contribution in [3.63, 3.8) is 0 Å². The Morgan fingerprint density at radius 2 is 1.84 bits per heavy atom. The molecule has 0 aliphatic carbocycles. The van der Waals surface area contributed by atoms with Crippen LogP contribution in [0.15, 0.2) is 37.7 Å². The Morgan fingerprint density at radius 3 is 2.44 bits per heavy atom. The first-order valence-corrected chi connectivity index (χ1v) is 8.06. The van der Waals surface area contributed by atoms with E-state index in [2.05, 4.69) is 9.40 Å². The number of H-pyrrole nitrogens is 1. The third kappa shape index (κ3) is 3.20. The normalized spacial score (nSPS) is 19.6. The van der Waals surface area contributed by atoms with Crippen LogP contribution in [0.3, 0.4) is 0 Å². The number of aromatic nitrogens is 1. The lowest BCUT2D eigenvalue weighted by atomic mass is 9.77. The van der Waals surface area contributed by atoms with Crippen molar-refractivity contribution in [2.24, 2.45) is 5.73 Å². The SMILES string of the molecule is CC1(C)OB(C(=Cc2ccc3[nH]c(=O)oc(=O)c3c2)CN)OC1(C)C. The molecule has 1 saturated heterocycles. The minimum atomic E-state index is -0.777. The third-order valence-corrected chi connectivity index (χ3v) is 4.83. The summed E-state index contributed by atoms with van der Waals surface area (Å²) in [6.07, 6.45) is 1.83. The van der Waals surface area contributed by atoms with Gasteiger partial charge in [-0.1, -0.05) is 12.1 Å². The van der Waals surface area contributed by atoms with Gasteiger partial charge in [0.15, 0.2) is 0 Å². The van der Waals surface area contributed by atoms with Crippen LogP contribution in [0, 0.1) is 0 Å². The molecule has 1 fully saturated rings. The Morgan fingerprint density at radius 1 is 1.20 bits per heavy atom. The second-order valence-electron chi connectivity index (χ2n) is 7.12. The first-order valence-electron chi connectivity index (χ1n) is 8.06. The number of hydrogen-bond donors (Lipinski definition) is 2. The lowest BCUT2D eigenvalue weighted by molar-refractivity contribution is 0.00578. The van der Waals surface area contributed by atoms with Crippen molar-refractivity contribution < 1.29 is 13.7 Å². The van der Waals surface area contributed by atoms with Crippen LogP contribution in [0.5, 0.6) is 0 Å². The van der Waals surface area contributed by atoms with Crippen LogP contribution in [0.2, 0.25) is 0 Å². The summed E-state index contributed by atoms with van der Waals surface area (Å²) in [6, 6.07) is 5.06. The van der Waals surface area contributed by atoms with Gasteiger partial charge in [-0.05, 0) is 50.9 Å². The van der Waals surface area contributed by atoms with Crippen molar-refractivity contribution in [3.8, 4) is 0 Å². The smallest absolute Gasteiger partial charge is 0.400 e. The van der Waals surface area contributed by atoms with Crippen molar-refractivity contribution in [1.29, 1.82) is 0 Å². The number of hydrogen-bond acceptors (Lipinski definition) is 6. The molecule has 0 unspecified atom stereocenters. The standard InChI is InChI=1S/C17H21BN2O5/c1-16(2)17(3,4)25-18(24-16)11(9-19)7-10-5-6-13-12(8-10)14(21)23-15(22)20-13/h5-8H,9,19H2,1-4H3,(H,20,22). The van der Waals surface area contributed by atoms with Crippen molar-refractivity contribution in [2.75, 3.05) is 6.54 Å². The minimum absolute atomic E-state index is 0.245. The molecule has 0 amide bonds. The van der Waals surface area contributed by atoms with E-state index in [0.717, 1.165) is 11.0 Å². The fraction of sp³-hybridized carbons (Fsp3) is 0.412. The maximum Gasteiger partial charge on any atom is 0.491 e. The molecule has 0 bridgehead atoms. The predicted octanol–water partition coefficient (Wildman–Crippen LogP) is 1.45. The molecule has 8 heteroatoms. The summed E-state index contributed by atoms with van der Waals surface area (Å²) in [7, 11) is -0.558. The molecule has 132 valence electrons. The zero-order valence-electron chi connectivity index (χ0n) is 14.7. The molecule has 0 radical (unpaired) electrons. The number of nitrogens with two attached hydrogens (primary N) is 1. The van der Waals surface area contributed by atoms with Gasteiger partial charge in [-0.25, -0.2) is 9.59 Å². The van der Waals surface area contributed by atoms with Gasteiger partial charge in [-0.2, -0.15) is 0 Å². The highest BCUT2D eigenvalue weighted by molar-refractivity contribution is 6.55. The number of aromatic amines is 1. The molecule has 0 spiro atoms. The van der Waals surface area contributed by atoms with Crippen LogP contribution in [0.4, 0.5) is 0 Å². The molecule has 7 nitrogen and oxygen atoms in total. The summed E-state index contributed by atoms with van der Waals surface area (Å²) in [5, 5.41) is 0.290. The van der Waals surface area contributed by atoms with E-state index in [1.807, 2.05) is 33.8 Å². The van der Waals surface area contributed by atoms with Gasteiger partial charge in [0.2, 0.25) is 0 Å². The molecule has 1 aliphatic rings. The van der Waals surface area contributed by atoms with E-state index in [-0.39, 0.29) is 6.54 Å². The van der Waals surface area contributed by atoms with Gasteiger partial charge in [0, 0.05) is 6.54 Å². The summed E-state index contributed by atoms with van der Waals surface area (Å²) in [5.74, 6) is -0.777. The predicted molar refractivity (Wildman–Crippen MR) is 96.2 cm³/mol. The number of fused-ring (bicyclic) bond motifs is 1. The number of rotatable bonds is 3. The lowest BCUT2D eigenvalue weighted by Crippen LogP contribution is -2.41. The number of nitrogens with one attached hydrogen (secondary N) is 1. The first-order chi connectivity index (χ1) is 11.6. The summed E-state index contributed by atoms with van der Waals surface area (Å²) >= 11 is 0. The molecule has 1 aromatic heterocycles. The average Bonchev–Trinajstić information content (AvgIpc) is 2.73. The molecule has 1 aliphatic heterocycles. The van der Waals surface area contributed by atoms with E-state index in [1.165, 1.54) is 0 Å². The quantitative estimate of drug-likeness (QED) is 0.816. The molecule has 0 saturated carbocycles. The molecular weight excluding hydrogens is 323 g/mol. The molecule has 25 heavy (non-hydrogen) atoms. The fourth-order valence-electron chi connectivity index (χ4n) is 2.64. The van der Waals surface area contributed by atoms with Gasteiger partial charge in [0.25, 0.3) is 0 Å². The third-order valence-electron chi connectivity index (χ3n) is 4.83. The van der Waals surface area contributed by atoms with Crippen LogP contribution in [0.25, 0.3) is 17.0 Å². The van der Waals surface area contributed by atoms with Crippen molar-refractivity contribution in [3.05, 3.63) is 50.2 Å². The Bertz CT molecular complexity index is 941. The van der Waals surface area contributed by atoms with Gasteiger partial charge < -0.3 is 19.5 Å². The van der Waals surface area contributed by atoms with E-state index in [9.17, 15) is 9.59 Å². The zero-order chi connectivity index (χ0) is 18.4. The lowest BCUT2D eigenvalue weighted by Gasteiger charge is -2.32. The van der Waals surface area contributed by atoms with Crippen molar-refractivity contribution >= 4 is 24.1 Å². The van der Waals surface area contributed by atoms with Crippen LogP contribution < -0.4 is 17.1 Å². The zero-order valence-corrected chi connectivity index (χ0v) is 14.7. The largest absolute Gasteiger partial charge is 0.491 e. The maximum absolute atomic E-state index is 11.9. The molecule has 2 aromatic rings. The van der Waals surface area contributed by atoms with E-state index in [1.54, 1.807) is 18.2 Å². The van der Waals surface area contributed by atoms with Crippen molar-refractivity contribution in [1.82, 2.24) is 4.98 Å². The van der Waals surface area contributed by atoms with Gasteiger partial charge in [0.05, 0.1) is 22.1 Å². The Hall–Kier alpha value is -2.16. The molecule has 2 heterocycles. The van der Waals surface area contributed by atoms with E-state index >= 15 is 0 Å². The molecule has 3 rings (SSSR count). The van der Waals surface area contributed by atoms with Gasteiger partial charge >= 0.3 is 18.5 Å². The van der Waals surface area contributed by atoms with Crippen LogP contribution in [0.1, 0.15) is 33.3 Å². The summed E-state index contributed by atoms with van der Waals surface area (Å²) in [6.45, 7) is 8.13. The summed E-state index contributed by atoms with van der Waals surface area (Å²) < 4.78 is 16.6. The average molecular weight is 344 g/mol. The van der Waals surface area contributed by atoms with E-state index in [0.29, 0.717) is 10.9 Å². The van der Waals surface area contributed by atoms with E-state index < -0.39 is 29.7 Å². The molecule has 1 aromatic carbocycles. The Kier molecular flexibility index (Phi) is 4.22. The van der Waals surface area contributed by atoms with E-state index in [4.69, 9.17) is 15.0 Å². The second kappa shape index (κ2) is 5.98. The fourth-order valence-corrected chi connectivity index (χ4v) is 2.64. The first kappa shape index (κ1) is 17.7. The highest BCUT2D eigenvalue weighted by Gasteiger charge is 2.52. The highest BCUT2D eigenvalue weighted by Crippen LogP contribution is 2.38. The van der Waals surface area contributed by atoms with Gasteiger partial charge in [0.1, 0.15) is 0 Å². The maximum atomic E-state index is 11.9. The number of benzene rings is 1. The second-order valence-corrected chi connectivity index (χ2v) is 7.12. The van der Waals surface area contributed by atoms with Crippen LogP contribution in [-0.2, 0) is 9.31 Å². The highest BCUT2D eigenvalue weighted by atomic mass is 16.7. The van der Waals surface area contributed by atoms with Crippen LogP contribution in [-0.4, -0.2) is 29.8 Å². The van der Waals surface area contributed by atoms with Crippen LogP contribution >= 0.6 is 0 Å². The molecule has 3 N–H and O–H groups in total. The van der Waals surface area contributed by atoms with Gasteiger partial charge in [-0.3, -0.25) is 4.98 Å². The summed E-state index contributed by atoms with van der Waals surface area (Å²) in [5.41, 5.74) is 6.19. The minimum Gasteiger partial charge on any atom is -0.400 e. The topological polar surface area (TPSA) is 108 Å². The molecular formula is C17H21BN2O5. The Labute approximate surface area is 145 Å². The molecule has 0 atom stereocenters. The van der Waals surface area contributed by atoms with Gasteiger partial charge in [-0.15, -0.1) is 0 Å². The Balaban J connectivity index is 2.00. The monoisotopic (exact) mass is 344 g/mol.